The van der Waals surface area contributed by atoms with Gasteiger partial charge in [-0.25, -0.2) is 9.97 Å². The molecule has 0 amide bonds. The molecule has 2 rings (SSSR count). The number of aromatic nitrogens is 2. The van der Waals surface area contributed by atoms with Crippen LogP contribution in [0.2, 0.25) is 5.02 Å². The molecule has 1 aromatic carbocycles. The van der Waals surface area contributed by atoms with Crippen LogP contribution in [-0.4, -0.2) is 16.5 Å². The summed E-state index contributed by atoms with van der Waals surface area (Å²) < 4.78 is 0. The summed E-state index contributed by atoms with van der Waals surface area (Å²) in [5.41, 5.74) is 7.43. The molecule has 0 bridgehead atoms. The first-order valence-electron chi connectivity index (χ1n) is 4.90. The molecule has 2 aromatic rings. The second-order valence-corrected chi connectivity index (χ2v) is 3.81. The third kappa shape index (κ3) is 2.25. The molecule has 3 nitrogen and oxygen atoms in total. The zero-order valence-electron chi connectivity index (χ0n) is 8.28. The van der Waals surface area contributed by atoms with E-state index in [4.69, 9.17) is 17.3 Å². The quantitative estimate of drug-likeness (QED) is 0.865. The zero-order valence-corrected chi connectivity index (χ0v) is 9.04. The zero-order chi connectivity index (χ0) is 10.7. The summed E-state index contributed by atoms with van der Waals surface area (Å²) in [5, 5.41) is 1.74. The lowest BCUT2D eigenvalue weighted by molar-refractivity contribution is 0.814. The number of nitrogens with two attached hydrogens (primary N) is 1. The number of hydrogen-bond donors (Lipinski definition) is 1. The normalized spacial score (nSPS) is 10.8. The third-order valence-corrected chi connectivity index (χ3v) is 2.53. The van der Waals surface area contributed by atoms with Crippen molar-refractivity contribution in [3.63, 3.8) is 0 Å². The molecule has 0 saturated heterocycles. The molecule has 0 radical (unpaired) electrons. The average molecular weight is 222 g/mol. The standard InChI is InChI=1S/C11H12ClN3/c12-8-3-4-11-9(6-8)10(2-1-5-13)14-7-15-11/h3-4,6-7H,1-2,5,13H2. The van der Waals surface area contributed by atoms with Gasteiger partial charge in [0.15, 0.2) is 0 Å². The van der Waals surface area contributed by atoms with Crippen LogP contribution in [0.15, 0.2) is 24.5 Å². The van der Waals surface area contributed by atoms with E-state index in [9.17, 15) is 0 Å². The molecule has 78 valence electrons. The fraction of sp³-hybridized carbons (Fsp3) is 0.273. The van der Waals surface area contributed by atoms with Crippen molar-refractivity contribution in [2.75, 3.05) is 6.54 Å². The monoisotopic (exact) mass is 221 g/mol. The summed E-state index contributed by atoms with van der Waals surface area (Å²) in [5.74, 6) is 0. The van der Waals surface area contributed by atoms with E-state index in [1.165, 1.54) is 0 Å². The fourth-order valence-corrected chi connectivity index (χ4v) is 1.72. The summed E-state index contributed by atoms with van der Waals surface area (Å²) in [6.07, 6.45) is 3.39. The van der Waals surface area contributed by atoms with Gasteiger partial charge in [0.1, 0.15) is 6.33 Å². The Morgan fingerprint density at radius 1 is 1.27 bits per heavy atom. The molecule has 4 heteroatoms. The molecular weight excluding hydrogens is 210 g/mol. The van der Waals surface area contributed by atoms with Gasteiger partial charge in [-0.1, -0.05) is 11.6 Å². The molecule has 0 aliphatic rings. The van der Waals surface area contributed by atoms with Gasteiger partial charge in [0, 0.05) is 10.4 Å². The highest BCUT2D eigenvalue weighted by Gasteiger charge is 2.03. The molecule has 0 unspecified atom stereocenters. The second-order valence-electron chi connectivity index (χ2n) is 3.37. The summed E-state index contributed by atoms with van der Waals surface area (Å²) in [6.45, 7) is 0.673. The Bertz CT molecular complexity index is 470. The lowest BCUT2D eigenvalue weighted by atomic mass is 10.1. The van der Waals surface area contributed by atoms with Gasteiger partial charge < -0.3 is 5.73 Å². The highest BCUT2D eigenvalue weighted by Crippen LogP contribution is 2.20. The minimum atomic E-state index is 0.673. The van der Waals surface area contributed by atoms with Gasteiger partial charge in [-0.15, -0.1) is 0 Å². The SMILES string of the molecule is NCCCc1ncnc2ccc(Cl)cc12. The predicted octanol–water partition coefficient (Wildman–Crippen LogP) is 2.17. The topological polar surface area (TPSA) is 51.8 Å². The lowest BCUT2D eigenvalue weighted by Crippen LogP contribution is -2.02. The maximum Gasteiger partial charge on any atom is 0.116 e. The highest BCUT2D eigenvalue weighted by atomic mass is 35.5. The third-order valence-electron chi connectivity index (χ3n) is 2.30. The number of nitrogens with zero attached hydrogens (tertiary/aromatic N) is 2. The molecule has 2 N–H and O–H groups in total. The van der Waals surface area contributed by atoms with Gasteiger partial charge in [0.25, 0.3) is 0 Å². The summed E-state index contributed by atoms with van der Waals surface area (Å²) in [7, 11) is 0. The summed E-state index contributed by atoms with van der Waals surface area (Å²) in [6, 6.07) is 5.65. The van der Waals surface area contributed by atoms with Crippen LogP contribution in [0.3, 0.4) is 0 Å². The number of aryl methyl sites for hydroxylation is 1. The molecule has 1 heterocycles. The molecule has 0 atom stereocenters. The Labute approximate surface area is 93.3 Å². The molecule has 0 saturated carbocycles. The van der Waals surface area contributed by atoms with Crippen molar-refractivity contribution >= 4 is 22.5 Å². The van der Waals surface area contributed by atoms with Crippen molar-refractivity contribution in [2.24, 2.45) is 5.73 Å². The number of benzene rings is 1. The molecule has 0 fully saturated rings. The minimum absolute atomic E-state index is 0.673. The summed E-state index contributed by atoms with van der Waals surface area (Å²) >= 11 is 5.94. The van der Waals surface area contributed by atoms with E-state index in [2.05, 4.69) is 9.97 Å². The number of fused-ring (bicyclic) bond motifs is 1. The minimum Gasteiger partial charge on any atom is -0.330 e. The molecule has 1 aromatic heterocycles. The molecule has 0 spiro atoms. The molecule has 0 aliphatic carbocycles. The van der Waals surface area contributed by atoms with Gasteiger partial charge in [0.2, 0.25) is 0 Å². The van der Waals surface area contributed by atoms with E-state index in [1.54, 1.807) is 6.33 Å². The van der Waals surface area contributed by atoms with Crippen LogP contribution in [0.5, 0.6) is 0 Å². The predicted molar refractivity (Wildman–Crippen MR) is 61.9 cm³/mol. The van der Waals surface area contributed by atoms with Crippen LogP contribution in [0.25, 0.3) is 10.9 Å². The van der Waals surface area contributed by atoms with Crippen LogP contribution in [0.4, 0.5) is 0 Å². The molecule has 15 heavy (non-hydrogen) atoms. The van der Waals surface area contributed by atoms with Crippen LogP contribution in [0, 0.1) is 0 Å². The van der Waals surface area contributed by atoms with E-state index >= 15 is 0 Å². The van der Waals surface area contributed by atoms with E-state index in [0.29, 0.717) is 11.6 Å². The number of hydrogen-bond acceptors (Lipinski definition) is 3. The van der Waals surface area contributed by atoms with Gasteiger partial charge in [0.05, 0.1) is 11.2 Å². The van der Waals surface area contributed by atoms with Crippen LogP contribution < -0.4 is 5.73 Å². The van der Waals surface area contributed by atoms with Crippen molar-refractivity contribution in [3.05, 3.63) is 35.2 Å². The van der Waals surface area contributed by atoms with E-state index in [-0.39, 0.29) is 0 Å². The lowest BCUT2D eigenvalue weighted by Gasteiger charge is -2.04. The first-order chi connectivity index (χ1) is 7.31. The van der Waals surface area contributed by atoms with Gasteiger partial charge in [-0.3, -0.25) is 0 Å². The van der Waals surface area contributed by atoms with Crippen molar-refractivity contribution < 1.29 is 0 Å². The fourth-order valence-electron chi connectivity index (χ4n) is 1.55. The van der Waals surface area contributed by atoms with E-state index < -0.39 is 0 Å². The number of halogens is 1. The van der Waals surface area contributed by atoms with Crippen LogP contribution >= 0.6 is 11.6 Å². The largest absolute Gasteiger partial charge is 0.330 e. The maximum absolute atomic E-state index is 5.94. The molecule has 0 aliphatic heterocycles. The van der Waals surface area contributed by atoms with Crippen molar-refractivity contribution in [3.8, 4) is 0 Å². The van der Waals surface area contributed by atoms with E-state index in [1.807, 2.05) is 18.2 Å². The smallest absolute Gasteiger partial charge is 0.116 e. The Kier molecular flexibility index (Phi) is 3.14. The Hall–Kier alpha value is -1.19. The molecular formula is C11H12ClN3. The average Bonchev–Trinajstić information content (AvgIpc) is 2.26. The van der Waals surface area contributed by atoms with Crippen LogP contribution in [-0.2, 0) is 6.42 Å². The first kappa shape index (κ1) is 10.3. The Morgan fingerprint density at radius 2 is 2.13 bits per heavy atom. The number of rotatable bonds is 3. The summed E-state index contributed by atoms with van der Waals surface area (Å²) in [4.78, 5) is 8.45. The second kappa shape index (κ2) is 4.55. The Morgan fingerprint density at radius 3 is 2.93 bits per heavy atom. The Balaban J connectivity index is 2.48. The van der Waals surface area contributed by atoms with Crippen LogP contribution in [0.1, 0.15) is 12.1 Å². The van der Waals surface area contributed by atoms with Crippen molar-refractivity contribution in [1.29, 1.82) is 0 Å². The highest BCUT2D eigenvalue weighted by molar-refractivity contribution is 6.31. The van der Waals surface area contributed by atoms with Gasteiger partial charge in [-0.05, 0) is 37.6 Å². The van der Waals surface area contributed by atoms with Crippen molar-refractivity contribution in [2.45, 2.75) is 12.8 Å². The van der Waals surface area contributed by atoms with Gasteiger partial charge in [-0.2, -0.15) is 0 Å². The van der Waals surface area contributed by atoms with E-state index in [0.717, 1.165) is 29.4 Å². The van der Waals surface area contributed by atoms with Crippen molar-refractivity contribution in [1.82, 2.24) is 9.97 Å². The first-order valence-corrected chi connectivity index (χ1v) is 5.28. The van der Waals surface area contributed by atoms with Gasteiger partial charge >= 0.3 is 0 Å². The maximum atomic E-state index is 5.94.